The van der Waals surface area contributed by atoms with Gasteiger partial charge in [0.2, 0.25) is 11.1 Å². The van der Waals surface area contributed by atoms with Crippen LogP contribution in [-0.2, 0) is 51.0 Å². The van der Waals surface area contributed by atoms with Crippen LogP contribution < -0.4 is 4.73 Å². The predicted molar refractivity (Wildman–Crippen MR) is 241 cm³/mol. The van der Waals surface area contributed by atoms with Crippen molar-refractivity contribution in [2.75, 3.05) is 19.8 Å². The number of aromatic nitrogens is 4. The van der Waals surface area contributed by atoms with Crippen molar-refractivity contribution in [3.63, 3.8) is 0 Å². The summed E-state index contributed by atoms with van der Waals surface area (Å²) < 4.78 is 19.5. The van der Waals surface area contributed by atoms with Gasteiger partial charge in [-0.25, -0.2) is 9.97 Å². The van der Waals surface area contributed by atoms with Crippen molar-refractivity contribution in [2.45, 2.75) is 65.9 Å². The van der Waals surface area contributed by atoms with Crippen molar-refractivity contribution in [3.05, 3.63) is 136 Å². The van der Waals surface area contributed by atoms with E-state index in [1.165, 1.54) is 6.20 Å². The smallest absolute Gasteiger partial charge is 0.339 e. The van der Waals surface area contributed by atoms with E-state index in [0.29, 0.717) is 0 Å². The van der Waals surface area contributed by atoms with Crippen molar-refractivity contribution in [3.8, 4) is 0 Å². The highest BCUT2D eigenvalue weighted by Crippen LogP contribution is 2.31. The standard InChI is InChI=1S/C14H17ClN2O6.C9H8Cl2N2O4.C9H9ClN2O5.C5H2Cl2N2O2/c1-5-22-12(18)10(13(19)23-14(2,3)4)11-9(17(20)21)6-8(15)7-16-11;1-2-17-8(14)4-6-7(13(15)16)3-5(10)9(11)12-6;1-2-17-9(13)4-7-8(12(15)16)3-6(10)5-11(7)14;6-3-1-4(9(10)11)5(7)8-2-3/h6-7,10H,5H2,1-4H3;3H,2,4H2,1H3;3,5H,2,4H2,1H3;1-2H. The lowest BCUT2D eigenvalue weighted by Crippen LogP contribution is -2.34. The van der Waals surface area contributed by atoms with Gasteiger partial charge in [-0.2, -0.15) is 4.73 Å². The maximum Gasteiger partial charge on any atom is 0.339 e. The molecule has 1 atom stereocenters. The Hall–Kier alpha value is -6.38. The van der Waals surface area contributed by atoms with Gasteiger partial charge < -0.3 is 24.2 Å². The average Bonchev–Trinajstić information content (AvgIpc) is 3.21. The molecule has 0 spiro atoms. The molecule has 4 aromatic rings. The zero-order chi connectivity index (χ0) is 52.2. The first-order valence-corrected chi connectivity index (χ1v) is 20.9. The molecule has 368 valence electrons. The van der Waals surface area contributed by atoms with Crippen LogP contribution in [0.5, 0.6) is 0 Å². The van der Waals surface area contributed by atoms with Crippen LogP contribution in [0.1, 0.15) is 64.5 Å². The molecule has 0 aliphatic heterocycles. The van der Waals surface area contributed by atoms with Crippen LogP contribution in [-0.4, -0.2) is 83.9 Å². The largest absolute Gasteiger partial charge is 0.618 e. The summed E-state index contributed by atoms with van der Waals surface area (Å²) in [7, 11) is 0. The second-order valence-electron chi connectivity index (χ2n) is 13.3. The topological polar surface area (TPSA) is 343 Å². The van der Waals surface area contributed by atoms with Crippen LogP contribution in [0, 0.1) is 45.7 Å². The molecule has 0 fully saturated rings. The third-order valence-electron chi connectivity index (χ3n) is 7.18. The molecule has 4 aromatic heterocycles. The Balaban J connectivity index is 0.000000466. The maximum absolute atomic E-state index is 12.3. The molecule has 0 saturated carbocycles. The molecule has 68 heavy (non-hydrogen) atoms. The molecule has 0 bridgehead atoms. The van der Waals surface area contributed by atoms with E-state index < -0.39 is 72.9 Å². The Morgan fingerprint density at radius 1 is 0.632 bits per heavy atom. The van der Waals surface area contributed by atoms with Gasteiger partial charge in [0.25, 0.3) is 17.1 Å². The second kappa shape index (κ2) is 28.1. The highest BCUT2D eigenvalue weighted by Gasteiger charge is 2.40. The highest BCUT2D eigenvalue weighted by molar-refractivity contribution is 6.41. The summed E-state index contributed by atoms with van der Waals surface area (Å²) in [4.78, 5) is 97.8. The number of halogens is 6. The molecule has 0 saturated heterocycles. The predicted octanol–water partition coefficient (Wildman–Crippen LogP) is 8.32. The fourth-order valence-corrected chi connectivity index (χ4v) is 5.58. The third kappa shape index (κ3) is 19.8. The molecule has 0 aromatic carbocycles. The van der Waals surface area contributed by atoms with Gasteiger partial charge in [0.15, 0.2) is 6.20 Å². The summed E-state index contributed by atoms with van der Waals surface area (Å²) in [6.45, 7) is 9.93. The summed E-state index contributed by atoms with van der Waals surface area (Å²) in [5.74, 6) is -4.93. The summed E-state index contributed by atoms with van der Waals surface area (Å²) >= 11 is 33.3. The molecule has 0 aliphatic rings. The van der Waals surface area contributed by atoms with Gasteiger partial charge in [-0.1, -0.05) is 69.6 Å². The van der Waals surface area contributed by atoms with E-state index >= 15 is 0 Å². The van der Waals surface area contributed by atoms with Crippen LogP contribution in [0.3, 0.4) is 0 Å². The second-order valence-corrected chi connectivity index (χ2v) is 15.7. The number of hydrogen-bond donors (Lipinski definition) is 0. The first kappa shape index (κ1) is 59.6. The molecule has 25 nitrogen and oxygen atoms in total. The van der Waals surface area contributed by atoms with E-state index in [0.717, 1.165) is 36.7 Å². The van der Waals surface area contributed by atoms with Gasteiger partial charge in [-0.15, -0.1) is 0 Å². The van der Waals surface area contributed by atoms with Gasteiger partial charge in [0.05, 0.1) is 61.0 Å². The first-order chi connectivity index (χ1) is 31.6. The van der Waals surface area contributed by atoms with Crippen LogP contribution in [0.2, 0.25) is 30.4 Å². The van der Waals surface area contributed by atoms with E-state index in [1.807, 2.05) is 0 Å². The van der Waals surface area contributed by atoms with E-state index in [4.69, 9.17) is 79.1 Å². The molecular formula is C37H36Cl6N8O17. The minimum absolute atomic E-state index is 0.000478. The Kier molecular flexibility index (Phi) is 24.6. The van der Waals surface area contributed by atoms with E-state index in [2.05, 4.69) is 24.4 Å². The van der Waals surface area contributed by atoms with Crippen LogP contribution >= 0.6 is 69.6 Å². The molecule has 1 unspecified atom stereocenters. The van der Waals surface area contributed by atoms with Crippen molar-refractivity contribution >= 4 is 116 Å². The first-order valence-electron chi connectivity index (χ1n) is 18.6. The molecule has 31 heteroatoms. The van der Waals surface area contributed by atoms with Gasteiger partial charge in [-0.05, 0) is 41.5 Å². The Morgan fingerprint density at radius 3 is 1.57 bits per heavy atom. The summed E-state index contributed by atoms with van der Waals surface area (Å²) in [5, 5.41) is 54.1. The zero-order valence-electron chi connectivity index (χ0n) is 35.9. The SMILES string of the molecule is CCOC(=O)C(C(=O)OC(C)(C)C)c1ncc(Cl)cc1[N+](=O)[O-].CCOC(=O)Cc1c([N+](=O)[O-])cc(Cl)c[n+]1[O-].CCOC(=O)Cc1nc(Cl)c(Cl)cc1[N+](=O)[O-].O=[N+]([O-])c1cc(Cl)cnc1Cl. The number of nitrogens with zero attached hydrogens (tertiary/aromatic N) is 8. The summed E-state index contributed by atoms with van der Waals surface area (Å²) in [6.07, 6.45) is 2.52. The third-order valence-corrected chi connectivity index (χ3v) is 8.76. The number of esters is 4. The fraction of sp³-hybridized carbons (Fsp3) is 0.351. The molecular weight excluding hydrogens is 1040 g/mol. The number of carbonyl (C=O) groups is 4. The number of rotatable bonds is 14. The monoisotopic (exact) mass is 1070 g/mol. The van der Waals surface area contributed by atoms with Crippen LogP contribution in [0.15, 0.2) is 42.9 Å². The van der Waals surface area contributed by atoms with Crippen LogP contribution in [0.4, 0.5) is 22.7 Å². The van der Waals surface area contributed by atoms with Gasteiger partial charge in [0.1, 0.15) is 33.6 Å². The normalized spacial score (nSPS) is 10.8. The molecule has 0 N–H and O–H groups in total. The zero-order valence-corrected chi connectivity index (χ0v) is 40.5. The molecule has 4 heterocycles. The summed E-state index contributed by atoms with van der Waals surface area (Å²) in [6, 6.07) is 4.24. The number of hydrogen-bond acceptors (Lipinski definition) is 20. The number of carbonyl (C=O) groups excluding carboxylic acids is 4. The highest BCUT2D eigenvalue weighted by atomic mass is 35.5. The molecule has 4 rings (SSSR count). The number of pyridine rings is 4. The van der Waals surface area contributed by atoms with E-state index in [-0.39, 0.29) is 89.8 Å². The van der Waals surface area contributed by atoms with E-state index in [9.17, 15) is 64.8 Å². The van der Waals surface area contributed by atoms with Gasteiger partial charge >= 0.3 is 35.3 Å². The fourth-order valence-electron chi connectivity index (χ4n) is 4.61. The number of ether oxygens (including phenoxy) is 4. The molecule has 0 radical (unpaired) electrons. The molecule has 0 aliphatic carbocycles. The van der Waals surface area contributed by atoms with Crippen molar-refractivity contribution in [1.82, 2.24) is 15.0 Å². The Morgan fingerprint density at radius 2 is 1.10 bits per heavy atom. The average molecular weight is 1080 g/mol. The van der Waals surface area contributed by atoms with Crippen LogP contribution in [0.25, 0.3) is 0 Å². The lowest BCUT2D eigenvalue weighted by atomic mass is 10.0. The van der Waals surface area contributed by atoms with Gasteiger partial charge in [-0.3, -0.25) is 64.6 Å². The van der Waals surface area contributed by atoms with Crippen molar-refractivity contribution in [2.24, 2.45) is 0 Å². The molecule has 0 amide bonds. The summed E-state index contributed by atoms with van der Waals surface area (Å²) in [5.41, 5.74) is -3.30. The number of nitro groups is 4. The minimum Gasteiger partial charge on any atom is -0.618 e. The Bertz CT molecular complexity index is 2530. The quantitative estimate of drug-likeness (QED) is 0.0167. The van der Waals surface area contributed by atoms with Crippen molar-refractivity contribution in [1.29, 1.82) is 0 Å². The lowest BCUT2D eigenvalue weighted by molar-refractivity contribution is -0.617. The van der Waals surface area contributed by atoms with E-state index in [1.54, 1.807) is 41.5 Å². The maximum atomic E-state index is 12.3. The lowest BCUT2D eigenvalue weighted by Gasteiger charge is -2.22. The minimum atomic E-state index is -1.66. The van der Waals surface area contributed by atoms with Gasteiger partial charge in [0, 0.05) is 36.7 Å². The Labute approximate surface area is 413 Å². The van der Waals surface area contributed by atoms with Crippen molar-refractivity contribution < 1.29 is 62.5 Å².